The summed E-state index contributed by atoms with van der Waals surface area (Å²) in [5, 5.41) is 4.49. The Balaban J connectivity index is 1.94. The van der Waals surface area contributed by atoms with E-state index in [0.717, 1.165) is 13.1 Å². The fraction of sp³-hybridized carbons (Fsp3) is 0.769. The molecule has 0 aromatic carbocycles. The third-order valence-electron chi connectivity index (χ3n) is 3.80. The lowest BCUT2D eigenvalue weighted by Gasteiger charge is -2.41. The summed E-state index contributed by atoms with van der Waals surface area (Å²) < 4.78 is 2.15. The van der Waals surface area contributed by atoms with Gasteiger partial charge in [0.05, 0.1) is 12.2 Å². The van der Waals surface area contributed by atoms with Crippen LogP contribution in [0.3, 0.4) is 0 Å². The van der Waals surface area contributed by atoms with Crippen LogP contribution < -0.4 is 0 Å². The van der Waals surface area contributed by atoms with Crippen LogP contribution in [0.4, 0.5) is 0 Å². The van der Waals surface area contributed by atoms with E-state index in [4.69, 9.17) is 0 Å². The Morgan fingerprint density at radius 1 is 1.38 bits per heavy atom. The second kappa shape index (κ2) is 4.58. The van der Waals surface area contributed by atoms with Gasteiger partial charge in [0.15, 0.2) is 0 Å². The maximum Gasteiger partial charge on any atom is 0.0773 e. The van der Waals surface area contributed by atoms with Gasteiger partial charge < -0.3 is 0 Å². The standard InChI is InChI=1S/C13H23N3/c1-5-11(4)12-6-14-16(7-12)13-8-15(9-13)10(2)3/h6-7,10-11,13H,5,8-9H2,1-4H3. The minimum absolute atomic E-state index is 0.597. The van der Waals surface area contributed by atoms with Gasteiger partial charge >= 0.3 is 0 Å². The van der Waals surface area contributed by atoms with Gasteiger partial charge in [0.25, 0.3) is 0 Å². The highest BCUT2D eigenvalue weighted by atomic mass is 15.4. The van der Waals surface area contributed by atoms with Crippen LogP contribution in [0.15, 0.2) is 12.4 Å². The van der Waals surface area contributed by atoms with Crippen molar-refractivity contribution in [2.45, 2.75) is 52.1 Å². The molecule has 1 aromatic heterocycles. The van der Waals surface area contributed by atoms with Crippen LogP contribution in [-0.4, -0.2) is 33.8 Å². The SMILES string of the molecule is CCC(C)c1cnn(C2CN(C(C)C)C2)c1. The molecular formula is C13H23N3. The van der Waals surface area contributed by atoms with Crippen molar-refractivity contribution in [3.05, 3.63) is 18.0 Å². The van der Waals surface area contributed by atoms with Crippen molar-refractivity contribution < 1.29 is 0 Å². The quantitative estimate of drug-likeness (QED) is 0.779. The third kappa shape index (κ3) is 2.14. The fourth-order valence-corrected chi connectivity index (χ4v) is 2.12. The average molecular weight is 221 g/mol. The fourth-order valence-electron chi connectivity index (χ4n) is 2.12. The lowest BCUT2D eigenvalue weighted by molar-refractivity contribution is 0.0674. The summed E-state index contributed by atoms with van der Waals surface area (Å²) in [4.78, 5) is 2.48. The molecule has 1 atom stereocenters. The lowest BCUT2D eigenvalue weighted by atomic mass is 10.0. The largest absolute Gasteiger partial charge is 0.297 e. The second-order valence-corrected chi connectivity index (χ2v) is 5.26. The number of hydrogen-bond donors (Lipinski definition) is 0. The normalized spacial score (nSPS) is 20.1. The highest BCUT2D eigenvalue weighted by molar-refractivity contribution is 5.11. The molecule has 0 saturated carbocycles. The molecule has 16 heavy (non-hydrogen) atoms. The van der Waals surface area contributed by atoms with Crippen LogP contribution in [0.2, 0.25) is 0 Å². The summed E-state index contributed by atoms with van der Waals surface area (Å²) in [7, 11) is 0. The van der Waals surface area contributed by atoms with Crippen molar-refractivity contribution in [1.29, 1.82) is 0 Å². The lowest BCUT2D eigenvalue weighted by Crippen LogP contribution is -2.50. The van der Waals surface area contributed by atoms with E-state index in [1.807, 2.05) is 6.20 Å². The molecule has 3 nitrogen and oxygen atoms in total. The molecule has 0 aliphatic carbocycles. The first-order valence-electron chi connectivity index (χ1n) is 6.40. The van der Waals surface area contributed by atoms with Gasteiger partial charge in [-0.15, -0.1) is 0 Å². The third-order valence-corrected chi connectivity index (χ3v) is 3.80. The van der Waals surface area contributed by atoms with E-state index in [1.54, 1.807) is 0 Å². The zero-order valence-corrected chi connectivity index (χ0v) is 10.8. The van der Waals surface area contributed by atoms with E-state index in [-0.39, 0.29) is 0 Å². The van der Waals surface area contributed by atoms with Crippen LogP contribution in [-0.2, 0) is 0 Å². The molecule has 1 unspecified atom stereocenters. The van der Waals surface area contributed by atoms with Gasteiger partial charge in [-0.05, 0) is 31.7 Å². The monoisotopic (exact) mass is 221 g/mol. The van der Waals surface area contributed by atoms with E-state index in [0.29, 0.717) is 18.0 Å². The Bertz CT molecular complexity index is 337. The number of hydrogen-bond acceptors (Lipinski definition) is 2. The molecule has 1 aliphatic rings. The number of aromatic nitrogens is 2. The summed E-state index contributed by atoms with van der Waals surface area (Å²) in [5.74, 6) is 0.634. The molecule has 1 aliphatic heterocycles. The van der Waals surface area contributed by atoms with Crippen LogP contribution >= 0.6 is 0 Å². The maximum absolute atomic E-state index is 4.49. The zero-order chi connectivity index (χ0) is 11.7. The predicted octanol–water partition coefficient (Wildman–Crippen LogP) is 2.66. The summed E-state index contributed by atoms with van der Waals surface area (Å²) in [6.45, 7) is 11.3. The molecule has 2 heterocycles. The van der Waals surface area contributed by atoms with E-state index >= 15 is 0 Å². The van der Waals surface area contributed by atoms with Crippen molar-refractivity contribution in [3.63, 3.8) is 0 Å². The van der Waals surface area contributed by atoms with Crippen LogP contribution in [0, 0.1) is 0 Å². The van der Waals surface area contributed by atoms with E-state index in [9.17, 15) is 0 Å². The van der Waals surface area contributed by atoms with Crippen molar-refractivity contribution in [1.82, 2.24) is 14.7 Å². The molecule has 0 bridgehead atoms. The Hall–Kier alpha value is -0.830. The number of likely N-dealkylation sites (tertiary alicyclic amines) is 1. The van der Waals surface area contributed by atoms with Gasteiger partial charge in [0, 0.05) is 25.3 Å². The molecule has 1 fully saturated rings. The van der Waals surface area contributed by atoms with Crippen LogP contribution in [0.25, 0.3) is 0 Å². The van der Waals surface area contributed by atoms with Gasteiger partial charge in [-0.2, -0.15) is 5.10 Å². The summed E-state index contributed by atoms with van der Waals surface area (Å²) in [5.41, 5.74) is 1.38. The molecule has 0 radical (unpaired) electrons. The Kier molecular flexibility index (Phi) is 3.33. The van der Waals surface area contributed by atoms with Gasteiger partial charge in [-0.3, -0.25) is 9.58 Å². The first kappa shape index (κ1) is 11.6. The maximum atomic E-state index is 4.49. The van der Waals surface area contributed by atoms with Gasteiger partial charge in [-0.1, -0.05) is 13.8 Å². The molecule has 2 rings (SSSR count). The van der Waals surface area contributed by atoms with E-state index < -0.39 is 0 Å². The molecule has 0 spiro atoms. The van der Waals surface area contributed by atoms with Gasteiger partial charge in [-0.25, -0.2) is 0 Å². The topological polar surface area (TPSA) is 21.1 Å². The average Bonchev–Trinajstić information content (AvgIpc) is 2.63. The molecule has 1 saturated heterocycles. The Labute approximate surface area is 98.4 Å². The minimum Gasteiger partial charge on any atom is -0.297 e. The second-order valence-electron chi connectivity index (χ2n) is 5.26. The number of rotatable bonds is 4. The zero-order valence-electron chi connectivity index (χ0n) is 10.8. The highest BCUT2D eigenvalue weighted by Gasteiger charge is 2.30. The van der Waals surface area contributed by atoms with Crippen molar-refractivity contribution in [3.8, 4) is 0 Å². The van der Waals surface area contributed by atoms with Crippen molar-refractivity contribution in [2.75, 3.05) is 13.1 Å². The van der Waals surface area contributed by atoms with Crippen LogP contribution in [0.5, 0.6) is 0 Å². The van der Waals surface area contributed by atoms with E-state index in [2.05, 4.69) is 48.6 Å². The van der Waals surface area contributed by atoms with Crippen molar-refractivity contribution >= 4 is 0 Å². The van der Waals surface area contributed by atoms with E-state index in [1.165, 1.54) is 12.0 Å². The minimum atomic E-state index is 0.597. The first-order chi connectivity index (χ1) is 7.61. The molecule has 0 N–H and O–H groups in total. The van der Waals surface area contributed by atoms with Crippen LogP contribution in [0.1, 0.15) is 51.6 Å². The molecule has 1 aromatic rings. The van der Waals surface area contributed by atoms with Gasteiger partial charge in [0.1, 0.15) is 0 Å². The van der Waals surface area contributed by atoms with Crippen molar-refractivity contribution in [2.24, 2.45) is 0 Å². The molecular weight excluding hydrogens is 198 g/mol. The summed E-state index contributed by atoms with van der Waals surface area (Å²) in [6.07, 6.45) is 5.46. The first-order valence-corrected chi connectivity index (χ1v) is 6.40. The smallest absolute Gasteiger partial charge is 0.0773 e. The Morgan fingerprint density at radius 3 is 2.62 bits per heavy atom. The summed E-state index contributed by atoms with van der Waals surface area (Å²) >= 11 is 0. The molecule has 0 amide bonds. The molecule has 3 heteroatoms. The Morgan fingerprint density at radius 2 is 2.06 bits per heavy atom. The highest BCUT2D eigenvalue weighted by Crippen LogP contribution is 2.25. The number of nitrogens with zero attached hydrogens (tertiary/aromatic N) is 3. The van der Waals surface area contributed by atoms with Gasteiger partial charge in [0.2, 0.25) is 0 Å². The molecule has 90 valence electrons. The predicted molar refractivity (Wildman–Crippen MR) is 66.7 cm³/mol. The summed E-state index contributed by atoms with van der Waals surface area (Å²) in [6, 6.07) is 1.26.